The van der Waals surface area contributed by atoms with Crippen molar-refractivity contribution in [2.75, 3.05) is 13.2 Å². The van der Waals surface area contributed by atoms with Crippen molar-refractivity contribution in [1.82, 2.24) is 5.43 Å². The van der Waals surface area contributed by atoms with E-state index >= 15 is 0 Å². The van der Waals surface area contributed by atoms with Gasteiger partial charge in [0.1, 0.15) is 5.75 Å². The van der Waals surface area contributed by atoms with Crippen LogP contribution in [-0.2, 0) is 4.74 Å². The van der Waals surface area contributed by atoms with E-state index in [-0.39, 0.29) is 12.1 Å². The third-order valence-electron chi connectivity index (χ3n) is 2.89. The van der Waals surface area contributed by atoms with Gasteiger partial charge in [0.25, 0.3) is 0 Å². The van der Waals surface area contributed by atoms with E-state index < -0.39 is 0 Å². The third kappa shape index (κ3) is 3.70. The van der Waals surface area contributed by atoms with Crippen LogP contribution in [0.1, 0.15) is 38.8 Å². The number of hydrogen-bond acceptors (Lipinski definition) is 4. The monoisotopic (exact) mass is 252 g/mol. The SMILES string of the molecule is CCOc1ccccc1C(NN)C(CC)OCC. The van der Waals surface area contributed by atoms with Crippen LogP contribution in [-0.4, -0.2) is 19.3 Å². The lowest BCUT2D eigenvalue weighted by molar-refractivity contribution is 0.0307. The predicted molar refractivity (Wildman–Crippen MR) is 73.4 cm³/mol. The highest BCUT2D eigenvalue weighted by atomic mass is 16.5. The Hall–Kier alpha value is -1.10. The number of para-hydroxylation sites is 1. The van der Waals surface area contributed by atoms with Crippen molar-refractivity contribution >= 4 is 0 Å². The van der Waals surface area contributed by atoms with Crippen LogP contribution in [0.3, 0.4) is 0 Å². The summed E-state index contributed by atoms with van der Waals surface area (Å²) in [6.45, 7) is 7.37. The molecule has 18 heavy (non-hydrogen) atoms. The van der Waals surface area contributed by atoms with Crippen molar-refractivity contribution in [3.63, 3.8) is 0 Å². The molecule has 0 aromatic heterocycles. The molecule has 2 unspecified atom stereocenters. The van der Waals surface area contributed by atoms with E-state index in [1.165, 1.54) is 0 Å². The van der Waals surface area contributed by atoms with Crippen molar-refractivity contribution < 1.29 is 9.47 Å². The van der Waals surface area contributed by atoms with Crippen molar-refractivity contribution in [2.45, 2.75) is 39.3 Å². The van der Waals surface area contributed by atoms with Crippen LogP contribution in [0.15, 0.2) is 24.3 Å². The molecule has 0 spiro atoms. The Morgan fingerprint density at radius 2 is 1.89 bits per heavy atom. The standard InChI is InChI=1S/C14H24N2O2/c1-4-12(17-5-2)14(16-15)11-9-7-8-10-13(11)18-6-3/h7-10,12,14,16H,4-6,15H2,1-3H3. The lowest BCUT2D eigenvalue weighted by Gasteiger charge is -2.27. The van der Waals surface area contributed by atoms with Crippen molar-refractivity contribution in [3.05, 3.63) is 29.8 Å². The molecule has 4 nitrogen and oxygen atoms in total. The smallest absolute Gasteiger partial charge is 0.124 e. The van der Waals surface area contributed by atoms with Crippen LogP contribution in [0.4, 0.5) is 0 Å². The molecule has 0 radical (unpaired) electrons. The average molecular weight is 252 g/mol. The first-order valence-electron chi connectivity index (χ1n) is 6.57. The minimum Gasteiger partial charge on any atom is -0.494 e. The molecule has 102 valence electrons. The van der Waals surface area contributed by atoms with Gasteiger partial charge in [0.15, 0.2) is 0 Å². The summed E-state index contributed by atoms with van der Waals surface area (Å²) in [4.78, 5) is 0. The van der Waals surface area contributed by atoms with Crippen LogP contribution in [0.5, 0.6) is 5.75 Å². The van der Waals surface area contributed by atoms with Gasteiger partial charge < -0.3 is 9.47 Å². The predicted octanol–water partition coefficient (Wildman–Crippen LogP) is 2.40. The molecule has 0 heterocycles. The van der Waals surface area contributed by atoms with Gasteiger partial charge in [-0.2, -0.15) is 0 Å². The second-order valence-corrected chi connectivity index (χ2v) is 4.02. The van der Waals surface area contributed by atoms with Gasteiger partial charge in [-0.3, -0.25) is 11.3 Å². The first-order chi connectivity index (χ1) is 8.78. The van der Waals surface area contributed by atoms with E-state index in [1.54, 1.807) is 0 Å². The molecule has 1 aromatic rings. The van der Waals surface area contributed by atoms with Gasteiger partial charge in [0.05, 0.1) is 18.8 Å². The Morgan fingerprint density at radius 1 is 1.17 bits per heavy atom. The molecule has 0 saturated carbocycles. The fraction of sp³-hybridized carbons (Fsp3) is 0.571. The van der Waals surface area contributed by atoms with Gasteiger partial charge >= 0.3 is 0 Å². The zero-order chi connectivity index (χ0) is 13.4. The molecule has 1 aromatic carbocycles. The minimum atomic E-state index is -0.0577. The summed E-state index contributed by atoms with van der Waals surface area (Å²) in [5.41, 5.74) is 3.89. The maximum atomic E-state index is 5.73. The van der Waals surface area contributed by atoms with E-state index in [9.17, 15) is 0 Å². The second-order valence-electron chi connectivity index (χ2n) is 4.02. The molecule has 3 N–H and O–H groups in total. The number of ether oxygens (including phenoxy) is 2. The van der Waals surface area contributed by atoms with Crippen LogP contribution < -0.4 is 16.0 Å². The average Bonchev–Trinajstić information content (AvgIpc) is 2.40. The molecule has 0 saturated heterocycles. The zero-order valence-electron chi connectivity index (χ0n) is 11.5. The van der Waals surface area contributed by atoms with E-state index in [2.05, 4.69) is 12.3 Å². The molecule has 0 amide bonds. The molecule has 0 aliphatic heterocycles. The Bertz CT molecular complexity index is 344. The van der Waals surface area contributed by atoms with E-state index in [1.807, 2.05) is 38.1 Å². The molecule has 0 aliphatic rings. The highest BCUT2D eigenvalue weighted by Crippen LogP contribution is 2.29. The summed E-state index contributed by atoms with van der Waals surface area (Å²) < 4.78 is 11.4. The molecule has 0 aliphatic carbocycles. The quantitative estimate of drug-likeness (QED) is 0.551. The summed E-state index contributed by atoms with van der Waals surface area (Å²) in [5.74, 6) is 6.55. The first-order valence-corrected chi connectivity index (χ1v) is 6.57. The number of hydrogen-bond donors (Lipinski definition) is 2. The molecule has 1 rings (SSSR count). The number of hydrazine groups is 1. The number of benzene rings is 1. The molecule has 0 fully saturated rings. The van der Waals surface area contributed by atoms with Crippen molar-refractivity contribution in [1.29, 1.82) is 0 Å². The normalized spacial score (nSPS) is 14.2. The summed E-state index contributed by atoms with van der Waals surface area (Å²) in [7, 11) is 0. The highest BCUT2D eigenvalue weighted by Gasteiger charge is 2.23. The van der Waals surface area contributed by atoms with Gasteiger partial charge in [-0.1, -0.05) is 25.1 Å². The Labute approximate surface area is 109 Å². The highest BCUT2D eigenvalue weighted by molar-refractivity contribution is 5.36. The van der Waals surface area contributed by atoms with Crippen LogP contribution in [0.25, 0.3) is 0 Å². The van der Waals surface area contributed by atoms with E-state index in [4.69, 9.17) is 15.3 Å². The molecular formula is C14H24N2O2. The fourth-order valence-electron chi connectivity index (χ4n) is 2.09. The third-order valence-corrected chi connectivity index (χ3v) is 2.89. The van der Waals surface area contributed by atoms with Gasteiger partial charge in [-0.05, 0) is 26.3 Å². The summed E-state index contributed by atoms with van der Waals surface area (Å²) in [6.07, 6.45) is 0.935. The maximum absolute atomic E-state index is 5.73. The van der Waals surface area contributed by atoms with E-state index in [0.717, 1.165) is 17.7 Å². The van der Waals surface area contributed by atoms with Crippen LogP contribution >= 0.6 is 0 Å². The maximum Gasteiger partial charge on any atom is 0.124 e. The fourth-order valence-corrected chi connectivity index (χ4v) is 2.09. The summed E-state index contributed by atoms with van der Waals surface area (Å²) in [5, 5.41) is 0. The summed E-state index contributed by atoms with van der Waals surface area (Å²) >= 11 is 0. The van der Waals surface area contributed by atoms with Gasteiger partial charge in [-0.25, -0.2) is 0 Å². The topological polar surface area (TPSA) is 56.5 Å². The number of rotatable bonds is 8. The second kappa shape index (κ2) is 8.08. The number of nitrogens with two attached hydrogens (primary N) is 1. The lowest BCUT2D eigenvalue weighted by Crippen LogP contribution is -2.38. The van der Waals surface area contributed by atoms with E-state index in [0.29, 0.717) is 13.2 Å². The molecule has 2 atom stereocenters. The van der Waals surface area contributed by atoms with Gasteiger partial charge in [0.2, 0.25) is 0 Å². The van der Waals surface area contributed by atoms with Gasteiger partial charge in [-0.15, -0.1) is 0 Å². The largest absolute Gasteiger partial charge is 0.494 e. The summed E-state index contributed by atoms with van der Waals surface area (Å²) in [6, 6.07) is 7.88. The molecular weight excluding hydrogens is 228 g/mol. The first kappa shape index (κ1) is 15.0. The van der Waals surface area contributed by atoms with Crippen LogP contribution in [0, 0.1) is 0 Å². The molecule has 4 heteroatoms. The van der Waals surface area contributed by atoms with Crippen molar-refractivity contribution in [3.8, 4) is 5.75 Å². The number of nitrogens with one attached hydrogen (secondary N) is 1. The Morgan fingerprint density at radius 3 is 2.44 bits per heavy atom. The molecule has 0 bridgehead atoms. The zero-order valence-corrected chi connectivity index (χ0v) is 11.5. The van der Waals surface area contributed by atoms with Crippen molar-refractivity contribution in [2.24, 2.45) is 5.84 Å². The lowest BCUT2D eigenvalue weighted by atomic mass is 9.99. The minimum absolute atomic E-state index is 0.0432. The van der Waals surface area contributed by atoms with Crippen LogP contribution in [0.2, 0.25) is 0 Å². The van der Waals surface area contributed by atoms with Gasteiger partial charge in [0, 0.05) is 12.2 Å². The Balaban J connectivity index is 2.99. The Kier molecular flexibility index (Phi) is 6.72.